The van der Waals surface area contributed by atoms with Gasteiger partial charge in [0.15, 0.2) is 0 Å². The summed E-state index contributed by atoms with van der Waals surface area (Å²) in [6.07, 6.45) is 2.78. The fraction of sp³-hybridized carbons (Fsp3) is 0.429. The molecule has 100 valence electrons. The minimum absolute atomic E-state index is 0.176. The quantitative estimate of drug-likeness (QED) is 0.800. The molecule has 2 amide bonds. The standard InChI is InChI=1S/C14H15ClN2O2/c15-10-2-1-8-6-11(7-9(8)5-10)16-12-3-4-13(18)17-14(12)19/h1-2,5,11-12,16H,3-4,6-7H2,(H,17,18,19). The van der Waals surface area contributed by atoms with E-state index in [4.69, 9.17) is 11.6 Å². The molecule has 0 bridgehead atoms. The number of halogens is 1. The maximum Gasteiger partial charge on any atom is 0.243 e. The van der Waals surface area contributed by atoms with Crippen molar-refractivity contribution in [1.29, 1.82) is 0 Å². The molecule has 0 radical (unpaired) electrons. The van der Waals surface area contributed by atoms with Crippen LogP contribution in [-0.2, 0) is 22.4 Å². The van der Waals surface area contributed by atoms with Crippen molar-refractivity contribution in [3.8, 4) is 0 Å². The van der Waals surface area contributed by atoms with Crippen LogP contribution in [-0.4, -0.2) is 23.9 Å². The van der Waals surface area contributed by atoms with Crippen molar-refractivity contribution < 1.29 is 9.59 Å². The molecule has 0 saturated carbocycles. The van der Waals surface area contributed by atoms with Crippen molar-refractivity contribution in [2.24, 2.45) is 0 Å². The number of carbonyl (C=O) groups excluding carboxylic acids is 2. The topological polar surface area (TPSA) is 58.2 Å². The van der Waals surface area contributed by atoms with Gasteiger partial charge in [0.25, 0.3) is 0 Å². The molecule has 2 N–H and O–H groups in total. The number of rotatable bonds is 2. The van der Waals surface area contributed by atoms with Crippen molar-refractivity contribution in [3.05, 3.63) is 34.3 Å². The van der Waals surface area contributed by atoms with Crippen LogP contribution in [0.3, 0.4) is 0 Å². The van der Waals surface area contributed by atoms with Gasteiger partial charge in [0, 0.05) is 17.5 Å². The van der Waals surface area contributed by atoms with Crippen molar-refractivity contribution in [2.75, 3.05) is 0 Å². The summed E-state index contributed by atoms with van der Waals surface area (Å²) in [6.45, 7) is 0. The van der Waals surface area contributed by atoms with Gasteiger partial charge in [-0.05, 0) is 42.5 Å². The first-order valence-electron chi connectivity index (χ1n) is 6.49. The molecule has 1 aliphatic heterocycles. The maximum atomic E-state index is 11.7. The average molecular weight is 279 g/mol. The Morgan fingerprint density at radius 2 is 2.00 bits per heavy atom. The van der Waals surface area contributed by atoms with Gasteiger partial charge < -0.3 is 5.32 Å². The van der Waals surface area contributed by atoms with Crippen molar-refractivity contribution in [2.45, 2.75) is 37.8 Å². The van der Waals surface area contributed by atoms with Gasteiger partial charge in [-0.25, -0.2) is 0 Å². The molecular formula is C14H15ClN2O2. The van der Waals surface area contributed by atoms with E-state index < -0.39 is 0 Å². The highest BCUT2D eigenvalue weighted by Crippen LogP contribution is 2.26. The lowest BCUT2D eigenvalue weighted by molar-refractivity contribution is -0.134. The first-order valence-corrected chi connectivity index (χ1v) is 6.86. The van der Waals surface area contributed by atoms with E-state index in [1.165, 1.54) is 11.1 Å². The number of nitrogens with one attached hydrogen (secondary N) is 2. The monoisotopic (exact) mass is 278 g/mol. The number of piperidine rings is 1. The van der Waals surface area contributed by atoms with E-state index in [1.807, 2.05) is 18.2 Å². The van der Waals surface area contributed by atoms with Crippen LogP contribution < -0.4 is 10.6 Å². The highest BCUT2D eigenvalue weighted by Gasteiger charge is 2.30. The largest absolute Gasteiger partial charge is 0.302 e. The molecule has 19 heavy (non-hydrogen) atoms. The number of benzene rings is 1. The molecule has 1 aliphatic carbocycles. The van der Waals surface area contributed by atoms with Crippen LogP contribution in [0.5, 0.6) is 0 Å². The molecule has 0 aromatic heterocycles. The van der Waals surface area contributed by atoms with Gasteiger partial charge in [0.1, 0.15) is 0 Å². The summed E-state index contributed by atoms with van der Waals surface area (Å²) in [5.74, 6) is -0.380. The molecule has 3 rings (SSSR count). The summed E-state index contributed by atoms with van der Waals surface area (Å²) >= 11 is 5.98. The zero-order valence-electron chi connectivity index (χ0n) is 10.4. The summed E-state index contributed by atoms with van der Waals surface area (Å²) in [6, 6.07) is 5.92. The van der Waals surface area contributed by atoms with Gasteiger partial charge in [-0.1, -0.05) is 17.7 Å². The van der Waals surface area contributed by atoms with Crippen LogP contribution in [0.15, 0.2) is 18.2 Å². The maximum absolute atomic E-state index is 11.7. The Balaban J connectivity index is 1.64. The van der Waals surface area contributed by atoms with Crippen LogP contribution in [0.25, 0.3) is 0 Å². The zero-order chi connectivity index (χ0) is 13.4. The molecule has 5 heteroatoms. The van der Waals surface area contributed by atoms with E-state index >= 15 is 0 Å². The smallest absolute Gasteiger partial charge is 0.243 e. The number of fused-ring (bicyclic) bond motifs is 1. The molecule has 2 unspecified atom stereocenters. The lowest BCUT2D eigenvalue weighted by Crippen LogP contribution is -2.53. The zero-order valence-corrected chi connectivity index (χ0v) is 11.2. The normalized spacial score (nSPS) is 26.2. The van der Waals surface area contributed by atoms with E-state index in [0.717, 1.165) is 17.9 Å². The van der Waals surface area contributed by atoms with Crippen LogP contribution in [0, 0.1) is 0 Å². The highest BCUT2D eigenvalue weighted by molar-refractivity contribution is 6.30. The molecule has 4 nitrogen and oxygen atoms in total. The third-order valence-electron chi connectivity index (χ3n) is 3.78. The molecule has 1 saturated heterocycles. The van der Waals surface area contributed by atoms with E-state index in [2.05, 4.69) is 10.6 Å². The first-order chi connectivity index (χ1) is 9.11. The predicted molar refractivity (Wildman–Crippen MR) is 72.0 cm³/mol. The summed E-state index contributed by atoms with van der Waals surface area (Å²) in [7, 11) is 0. The molecule has 1 aromatic carbocycles. The number of imide groups is 1. The van der Waals surface area contributed by atoms with Gasteiger partial charge in [0.2, 0.25) is 11.8 Å². The average Bonchev–Trinajstić information content (AvgIpc) is 2.74. The lowest BCUT2D eigenvalue weighted by atomic mass is 10.0. The highest BCUT2D eigenvalue weighted by atomic mass is 35.5. The minimum atomic E-state index is -0.257. The van der Waals surface area contributed by atoms with Gasteiger partial charge in [0.05, 0.1) is 6.04 Å². The number of hydrogen-bond donors (Lipinski definition) is 2. The van der Waals surface area contributed by atoms with Crippen LogP contribution in [0.4, 0.5) is 0 Å². The lowest BCUT2D eigenvalue weighted by Gasteiger charge is -2.25. The van der Waals surface area contributed by atoms with Crippen molar-refractivity contribution in [3.63, 3.8) is 0 Å². The summed E-state index contributed by atoms with van der Waals surface area (Å²) < 4.78 is 0. The van der Waals surface area contributed by atoms with E-state index in [1.54, 1.807) is 0 Å². The second kappa shape index (κ2) is 4.94. The summed E-state index contributed by atoms with van der Waals surface area (Å²) in [5.41, 5.74) is 2.53. The predicted octanol–water partition coefficient (Wildman–Crippen LogP) is 1.20. The fourth-order valence-corrected chi connectivity index (χ4v) is 3.04. The van der Waals surface area contributed by atoms with Crippen LogP contribution in [0.2, 0.25) is 5.02 Å². The Hall–Kier alpha value is -1.39. The number of amides is 2. The van der Waals surface area contributed by atoms with Gasteiger partial charge >= 0.3 is 0 Å². The molecule has 0 spiro atoms. The van der Waals surface area contributed by atoms with Crippen LogP contribution >= 0.6 is 11.6 Å². The molecule has 1 fully saturated rings. The Morgan fingerprint density at radius 1 is 1.21 bits per heavy atom. The Bertz CT molecular complexity index is 544. The van der Waals surface area contributed by atoms with Crippen molar-refractivity contribution >= 4 is 23.4 Å². The van der Waals surface area contributed by atoms with Gasteiger partial charge in [-0.15, -0.1) is 0 Å². The first kappa shape index (κ1) is 12.6. The second-order valence-electron chi connectivity index (χ2n) is 5.19. The molecular weight excluding hydrogens is 264 g/mol. The molecule has 1 aromatic rings. The third kappa shape index (κ3) is 2.65. The summed E-state index contributed by atoms with van der Waals surface area (Å²) in [5, 5.41) is 6.47. The van der Waals surface area contributed by atoms with Gasteiger partial charge in [-0.3, -0.25) is 14.9 Å². The molecule has 2 aliphatic rings. The number of hydrogen-bond acceptors (Lipinski definition) is 3. The molecule has 1 heterocycles. The van der Waals surface area contributed by atoms with E-state index in [9.17, 15) is 9.59 Å². The van der Waals surface area contributed by atoms with Crippen molar-refractivity contribution in [1.82, 2.24) is 10.6 Å². The Labute approximate surface area is 116 Å². The van der Waals surface area contributed by atoms with E-state index in [0.29, 0.717) is 12.8 Å². The van der Waals surface area contributed by atoms with Crippen LogP contribution in [0.1, 0.15) is 24.0 Å². The Kier molecular flexibility index (Phi) is 3.29. The molecule has 2 atom stereocenters. The SMILES string of the molecule is O=C1CCC(NC2Cc3ccc(Cl)cc3C2)C(=O)N1. The summed E-state index contributed by atoms with van der Waals surface area (Å²) in [4.78, 5) is 22.8. The fourth-order valence-electron chi connectivity index (χ4n) is 2.84. The van der Waals surface area contributed by atoms with E-state index in [-0.39, 0.29) is 23.9 Å². The second-order valence-corrected chi connectivity index (χ2v) is 5.62. The van der Waals surface area contributed by atoms with Gasteiger partial charge in [-0.2, -0.15) is 0 Å². The Morgan fingerprint density at radius 3 is 2.79 bits per heavy atom. The minimum Gasteiger partial charge on any atom is -0.302 e. The number of carbonyl (C=O) groups is 2. The third-order valence-corrected chi connectivity index (χ3v) is 4.01.